The van der Waals surface area contributed by atoms with Crippen molar-refractivity contribution in [1.29, 1.82) is 0 Å². The predicted octanol–water partition coefficient (Wildman–Crippen LogP) is -0.245. The van der Waals surface area contributed by atoms with Crippen LogP contribution in [-0.4, -0.2) is 11.8 Å². The van der Waals surface area contributed by atoms with Crippen molar-refractivity contribution in [1.82, 2.24) is 5.32 Å². The van der Waals surface area contributed by atoms with Crippen molar-refractivity contribution in [2.24, 2.45) is 0 Å². The fourth-order valence-corrected chi connectivity index (χ4v) is 0.579. The Morgan fingerprint density at radius 3 is 2.44 bits per heavy atom. The third kappa shape index (κ3) is 0.887. The van der Waals surface area contributed by atoms with E-state index in [4.69, 9.17) is 0 Å². The van der Waals surface area contributed by atoms with Crippen LogP contribution >= 0.6 is 0 Å². The monoisotopic (exact) mass is 123 g/mol. The highest BCUT2D eigenvalue weighted by molar-refractivity contribution is 6.17. The Labute approximate surface area is 52.1 Å². The summed E-state index contributed by atoms with van der Waals surface area (Å²) >= 11 is 0. The Bertz CT molecular complexity index is 215. The lowest BCUT2D eigenvalue weighted by Crippen LogP contribution is -2.21. The summed E-state index contributed by atoms with van der Waals surface area (Å²) in [5.41, 5.74) is 0.333. The van der Waals surface area contributed by atoms with Crippen LogP contribution in [0.15, 0.2) is 24.3 Å². The van der Waals surface area contributed by atoms with Gasteiger partial charge in [-0.3, -0.25) is 14.9 Å². The van der Waals surface area contributed by atoms with Gasteiger partial charge in [-0.1, -0.05) is 12.7 Å². The molecular formula is C6H5NO2. The second kappa shape index (κ2) is 1.85. The van der Waals surface area contributed by atoms with Gasteiger partial charge in [-0.2, -0.15) is 0 Å². The van der Waals surface area contributed by atoms with Crippen LogP contribution in [0.5, 0.6) is 0 Å². The smallest absolute Gasteiger partial charge is 0.258 e. The number of nitrogens with one attached hydrogen (secondary N) is 1. The molecule has 2 amide bonds. The highest BCUT2D eigenvalue weighted by Gasteiger charge is 2.16. The van der Waals surface area contributed by atoms with Gasteiger partial charge in [0, 0.05) is 11.6 Å². The van der Waals surface area contributed by atoms with Crippen molar-refractivity contribution in [3.63, 3.8) is 0 Å². The molecule has 3 nitrogen and oxygen atoms in total. The Morgan fingerprint density at radius 2 is 2.22 bits per heavy atom. The second-order valence-corrected chi connectivity index (χ2v) is 1.62. The first-order chi connectivity index (χ1) is 4.24. The molecule has 1 aliphatic heterocycles. The van der Waals surface area contributed by atoms with E-state index < -0.39 is 0 Å². The number of amides is 2. The third-order valence-corrected chi connectivity index (χ3v) is 1.01. The molecule has 0 bridgehead atoms. The zero-order chi connectivity index (χ0) is 6.85. The molecule has 9 heavy (non-hydrogen) atoms. The standard InChI is InChI=1S/C6H5NO2/c1-2-4-3-5(8)7-6(4)9/h2-3H,1H2,(H,7,8,9). The van der Waals surface area contributed by atoms with E-state index in [9.17, 15) is 9.59 Å². The van der Waals surface area contributed by atoms with E-state index >= 15 is 0 Å². The van der Waals surface area contributed by atoms with E-state index in [1.54, 1.807) is 0 Å². The van der Waals surface area contributed by atoms with Gasteiger partial charge in [0.1, 0.15) is 0 Å². The first kappa shape index (κ1) is 5.75. The van der Waals surface area contributed by atoms with Crippen molar-refractivity contribution in [2.75, 3.05) is 0 Å². The molecule has 1 aliphatic rings. The molecule has 0 aromatic carbocycles. The number of imide groups is 1. The van der Waals surface area contributed by atoms with Crippen LogP contribution in [-0.2, 0) is 9.59 Å². The van der Waals surface area contributed by atoms with Gasteiger partial charge in [0.15, 0.2) is 0 Å². The minimum Gasteiger partial charge on any atom is -0.289 e. The molecule has 0 aliphatic carbocycles. The van der Waals surface area contributed by atoms with Crippen LogP contribution in [0.2, 0.25) is 0 Å². The van der Waals surface area contributed by atoms with Crippen LogP contribution in [0.25, 0.3) is 0 Å². The van der Waals surface area contributed by atoms with Crippen LogP contribution < -0.4 is 5.32 Å². The lowest BCUT2D eigenvalue weighted by Gasteiger charge is -1.85. The van der Waals surface area contributed by atoms with E-state index in [0.29, 0.717) is 5.57 Å². The lowest BCUT2D eigenvalue weighted by molar-refractivity contribution is -0.123. The van der Waals surface area contributed by atoms with Crippen molar-refractivity contribution < 1.29 is 9.59 Å². The molecule has 46 valence electrons. The minimum atomic E-state index is -0.366. The van der Waals surface area contributed by atoms with Crippen molar-refractivity contribution in [2.45, 2.75) is 0 Å². The highest BCUT2D eigenvalue weighted by atomic mass is 16.2. The van der Waals surface area contributed by atoms with Gasteiger partial charge in [0.25, 0.3) is 11.8 Å². The Hall–Kier alpha value is -1.38. The van der Waals surface area contributed by atoms with E-state index in [1.165, 1.54) is 12.2 Å². The molecule has 1 N–H and O–H groups in total. The molecular weight excluding hydrogens is 118 g/mol. The summed E-state index contributed by atoms with van der Waals surface area (Å²) in [6.45, 7) is 3.35. The number of carbonyl (C=O) groups excluding carboxylic acids is 2. The number of hydrogen-bond donors (Lipinski definition) is 1. The Balaban J connectivity index is 2.93. The van der Waals surface area contributed by atoms with E-state index in [2.05, 4.69) is 11.9 Å². The zero-order valence-corrected chi connectivity index (χ0v) is 4.68. The quantitative estimate of drug-likeness (QED) is 0.489. The summed E-state index contributed by atoms with van der Waals surface area (Å²) < 4.78 is 0. The van der Waals surface area contributed by atoms with Gasteiger partial charge >= 0.3 is 0 Å². The summed E-state index contributed by atoms with van der Waals surface area (Å²) in [6, 6.07) is 0. The summed E-state index contributed by atoms with van der Waals surface area (Å²) in [7, 11) is 0. The lowest BCUT2D eigenvalue weighted by atomic mass is 10.3. The number of carbonyl (C=O) groups is 2. The highest BCUT2D eigenvalue weighted by Crippen LogP contribution is 2.01. The van der Waals surface area contributed by atoms with Gasteiger partial charge in [-0.25, -0.2) is 0 Å². The van der Waals surface area contributed by atoms with Crippen LogP contribution in [0.1, 0.15) is 0 Å². The summed E-state index contributed by atoms with van der Waals surface area (Å²) in [4.78, 5) is 20.9. The minimum absolute atomic E-state index is 0.333. The molecule has 0 atom stereocenters. The molecule has 1 heterocycles. The van der Waals surface area contributed by atoms with E-state index in [0.717, 1.165) is 0 Å². The van der Waals surface area contributed by atoms with Gasteiger partial charge in [0.2, 0.25) is 0 Å². The summed E-state index contributed by atoms with van der Waals surface area (Å²) in [6.07, 6.45) is 2.57. The van der Waals surface area contributed by atoms with Gasteiger partial charge in [0.05, 0.1) is 0 Å². The van der Waals surface area contributed by atoms with Crippen molar-refractivity contribution >= 4 is 11.8 Å². The fraction of sp³-hybridized carbons (Fsp3) is 0. The molecule has 0 unspecified atom stereocenters. The maximum Gasteiger partial charge on any atom is 0.258 e. The van der Waals surface area contributed by atoms with E-state index in [1.807, 2.05) is 0 Å². The molecule has 0 radical (unpaired) electrons. The first-order valence-corrected chi connectivity index (χ1v) is 2.43. The maximum absolute atomic E-state index is 10.5. The fourth-order valence-electron chi connectivity index (χ4n) is 0.579. The maximum atomic E-state index is 10.5. The number of rotatable bonds is 1. The molecule has 0 saturated carbocycles. The summed E-state index contributed by atoms with van der Waals surface area (Å²) in [5.74, 6) is -0.732. The SMILES string of the molecule is C=CC1=CC(=O)NC1=O. The largest absolute Gasteiger partial charge is 0.289 e. The molecule has 1 rings (SSSR count). The predicted molar refractivity (Wildman–Crippen MR) is 31.4 cm³/mol. The molecule has 0 spiro atoms. The second-order valence-electron chi connectivity index (χ2n) is 1.62. The topological polar surface area (TPSA) is 46.2 Å². The van der Waals surface area contributed by atoms with Crippen LogP contribution in [0.4, 0.5) is 0 Å². The van der Waals surface area contributed by atoms with Crippen molar-refractivity contribution in [3.8, 4) is 0 Å². The molecule has 0 aromatic rings. The van der Waals surface area contributed by atoms with Gasteiger partial charge in [-0.05, 0) is 0 Å². The molecule has 0 saturated heterocycles. The van der Waals surface area contributed by atoms with Crippen LogP contribution in [0, 0.1) is 0 Å². The molecule has 0 fully saturated rings. The zero-order valence-electron chi connectivity index (χ0n) is 4.68. The Morgan fingerprint density at radius 1 is 1.56 bits per heavy atom. The normalized spacial score (nSPS) is 17.1. The first-order valence-electron chi connectivity index (χ1n) is 2.43. The Kier molecular flexibility index (Phi) is 1.18. The van der Waals surface area contributed by atoms with E-state index in [-0.39, 0.29) is 11.8 Å². The van der Waals surface area contributed by atoms with Gasteiger partial charge < -0.3 is 0 Å². The molecule has 0 aromatic heterocycles. The number of hydrogen-bond acceptors (Lipinski definition) is 2. The molecule has 3 heteroatoms. The average Bonchev–Trinajstić information content (AvgIpc) is 2.10. The third-order valence-electron chi connectivity index (χ3n) is 1.01. The van der Waals surface area contributed by atoms with Crippen LogP contribution in [0.3, 0.4) is 0 Å². The average molecular weight is 123 g/mol. The van der Waals surface area contributed by atoms with Crippen molar-refractivity contribution in [3.05, 3.63) is 24.3 Å². The van der Waals surface area contributed by atoms with Gasteiger partial charge in [-0.15, -0.1) is 0 Å². The summed E-state index contributed by atoms with van der Waals surface area (Å²) in [5, 5.41) is 2.08.